The minimum atomic E-state index is -0.179. The Kier molecular flexibility index (Phi) is 3.69. The van der Waals surface area contributed by atoms with Crippen molar-refractivity contribution in [1.82, 2.24) is 9.47 Å². The van der Waals surface area contributed by atoms with Crippen molar-refractivity contribution < 1.29 is 9.90 Å². The van der Waals surface area contributed by atoms with Crippen molar-refractivity contribution in [2.45, 2.75) is 51.7 Å². The molecule has 2 heterocycles. The number of aliphatic hydroxyl groups is 1. The zero-order valence-electron chi connectivity index (χ0n) is 12.4. The fraction of sp³-hybridized carbons (Fsp3) is 0.688. The summed E-state index contributed by atoms with van der Waals surface area (Å²) in [5.74, 6) is 0.224. The number of rotatable bonds is 4. The third kappa shape index (κ3) is 2.67. The minimum Gasteiger partial charge on any atom is -0.393 e. The van der Waals surface area contributed by atoms with Crippen molar-refractivity contribution in [3.63, 3.8) is 0 Å². The Bertz CT molecular complexity index is 509. The molecule has 3 rings (SSSR count). The van der Waals surface area contributed by atoms with Gasteiger partial charge in [0.1, 0.15) is 0 Å². The lowest BCUT2D eigenvalue weighted by Gasteiger charge is -2.28. The van der Waals surface area contributed by atoms with E-state index in [0.717, 1.165) is 37.2 Å². The number of likely N-dealkylation sites (tertiary alicyclic amines) is 1. The summed E-state index contributed by atoms with van der Waals surface area (Å²) in [5, 5.41) is 9.52. The second kappa shape index (κ2) is 5.34. The highest BCUT2D eigenvalue weighted by atomic mass is 16.3. The van der Waals surface area contributed by atoms with Crippen LogP contribution in [0, 0.1) is 13.8 Å². The van der Waals surface area contributed by atoms with Gasteiger partial charge in [-0.1, -0.05) is 0 Å². The van der Waals surface area contributed by atoms with Gasteiger partial charge in [0.05, 0.1) is 12.6 Å². The molecule has 0 amide bonds. The molecule has 0 atom stereocenters. The van der Waals surface area contributed by atoms with Crippen LogP contribution in [0.15, 0.2) is 6.07 Å². The van der Waals surface area contributed by atoms with E-state index < -0.39 is 0 Å². The lowest BCUT2D eigenvalue weighted by Crippen LogP contribution is -2.39. The molecule has 1 aromatic rings. The molecule has 0 bridgehead atoms. The smallest absolute Gasteiger partial charge is 0.178 e. The number of Topliss-reactive ketones (excluding diaryl/α,β-unsaturated/α-hetero) is 1. The first-order valence-corrected chi connectivity index (χ1v) is 7.68. The van der Waals surface area contributed by atoms with Crippen molar-refractivity contribution in [2.75, 3.05) is 19.6 Å². The molecule has 1 saturated carbocycles. The maximum atomic E-state index is 12.5. The van der Waals surface area contributed by atoms with E-state index in [9.17, 15) is 9.90 Å². The van der Waals surface area contributed by atoms with Crippen LogP contribution in [0.25, 0.3) is 0 Å². The van der Waals surface area contributed by atoms with Gasteiger partial charge in [-0.05, 0) is 45.6 Å². The van der Waals surface area contributed by atoms with Gasteiger partial charge < -0.3 is 9.67 Å². The number of hydrogen-bond acceptors (Lipinski definition) is 3. The fourth-order valence-corrected chi connectivity index (χ4v) is 3.32. The summed E-state index contributed by atoms with van der Waals surface area (Å²) in [7, 11) is 0. The van der Waals surface area contributed by atoms with Gasteiger partial charge >= 0.3 is 0 Å². The van der Waals surface area contributed by atoms with Gasteiger partial charge in [-0.25, -0.2) is 0 Å². The molecule has 1 aliphatic carbocycles. The summed E-state index contributed by atoms with van der Waals surface area (Å²) in [6.07, 6.45) is 3.88. The van der Waals surface area contributed by atoms with Crippen LogP contribution in [-0.4, -0.2) is 46.1 Å². The molecule has 1 aliphatic heterocycles. The number of nitrogens with zero attached hydrogens (tertiary/aromatic N) is 2. The van der Waals surface area contributed by atoms with Crippen molar-refractivity contribution in [3.8, 4) is 0 Å². The molecule has 1 saturated heterocycles. The summed E-state index contributed by atoms with van der Waals surface area (Å²) in [6.45, 7) is 6.31. The van der Waals surface area contributed by atoms with Gasteiger partial charge in [-0.2, -0.15) is 0 Å². The number of piperidine rings is 1. The summed E-state index contributed by atoms with van der Waals surface area (Å²) in [4.78, 5) is 14.7. The van der Waals surface area contributed by atoms with E-state index in [4.69, 9.17) is 0 Å². The Balaban J connectivity index is 1.69. The van der Waals surface area contributed by atoms with E-state index in [-0.39, 0.29) is 11.9 Å². The van der Waals surface area contributed by atoms with Gasteiger partial charge in [0.15, 0.2) is 5.78 Å². The van der Waals surface area contributed by atoms with Crippen LogP contribution >= 0.6 is 0 Å². The van der Waals surface area contributed by atoms with Crippen LogP contribution in [0.3, 0.4) is 0 Å². The quantitative estimate of drug-likeness (QED) is 0.856. The standard InChI is InChI=1S/C16H24N2O2/c1-11-9-15(12(2)18(11)13-3-4-13)16(20)10-17-7-5-14(19)6-8-17/h9,13-14,19H,3-8,10H2,1-2H3. The minimum absolute atomic E-state index is 0.179. The van der Waals surface area contributed by atoms with Crippen molar-refractivity contribution in [1.29, 1.82) is 0 Å². The van der Waals surface area contributed by atoms with Gasteiger partial charge in [-0.15, -0.1) is 0 Å². The van der Waals surface area contributed by atoms with E-state index in [1.165, 1.54) is 18.5 Å². The number of carbonyl (C=O) groups is 1. The van der Waals surface area contributed by atoms with Gasteiger partial charge in [0, 0.05) is 36.1 Å². The third-order valence-corrected chi connectivity index (χ3v) is 4.62. The number of aryl methyl sites for hydroxylation is 1. The topological polar surface area (TPSA) is 45.5 Å². The van der Waals surface area contributed by atoms with Crippen LogP contribution in [0.2, 0.25) is 0 Å². The van der Waals surface area contributed by atoms with E-state index in [0.29, 0.717) is 12.6 Å². The van der Waals surface area contributed by atoms with Crippen molar-refractivity contribution >= 4 is 5.78 Å². The Morgan fingerprint density at radius 3 is 2.50 bits per heavy atom. The lowest BCUT2D eigenvalue weighted by molar-refractivity contribution is 0.0710. The van der Waals surface area contributed by atoms with Crippen LogP contribution in [0.1, 0.15) is 53.5 Å². The molecule has 0 aromatic carbocycles. The molecule has 0 unspecified atom stereocenters. The van der Waals surface area contributed by atoms with Crippen molar-refractivity contribution in [3.05, 3.63) is 23.0 Å². The molecule has 0 radical (unpaired) electrons. The predicted molar refractivity (Wildman–Crippen MR) is 78.2 cm³/mol. The van der Waals surface area contributed by atoms with Crippen LogP contribution < -0.4 is 0 Å². The number of carbonyl (C=O) groups excluding carboxylic acids is 1. The van der Waals surface area contributed by atoms with Gasteiger partial charge in [0.2, 0.25) is 0 Å². The molecule has 4 nitrogen and oxygen atoms in total. The zero-order valence-corrected chi connectivity index (χ0v) is 12.4. The number of ketones is 1. The van der Waals surface area contributed by atoms with E-state index in [1.807, 2.05) is 0 Å². The molecule has 0 spiro atoms. The Hall–Kier alpha value is -1.13. The van der Waals surface area contributed by atoms with Crippen LogP contribution in [0.4, 0.5) is 0 Å². The Morgan fingerprint density at radius 1 is 1.25 bits per heavy atom. The normalized spacial score (nSPS) is 21.4. The number of aromatic nitrogens is 1. The highest BCUT2D eigenvalue weighted by molar-refractivity contribution is 5.99. The Morgan fingerprint density at radius 2 is 1.90 bits per heavy atom. The molecule has 1 aromatic heterocycles. The van der Waals surface area contributed by atoms with E-state index in [2.05, 4.69) is 29.4 Å². The molecule has 2 fully saturated rings. The first kappa shape index (κ1) is 13.8. The highest BCUT2D eigenvalue weighted by Crippen LogP contribution is 2.38. The maximum absolute atomic E-state index is 12.5. The first-order chi connectivity index (χ1) is 9.56. The van der Waals surface area contributed by atoms with Crippen LogP contribution in [0.5, 0.6) is 0 Å². The average molecular weight is 276 g/mol. The second-order valence-corrected chi connectivity index (χ2v) is 6.32. The van der Waals surface area contributed by atoms with E-state index in [1.54, 1.807) is 0 Å². The molecular weight excluding hydrogens is 252 g/mol. The Labute approximate surface area is 120 Å². The van der Waals surface area contributed by atoms with Gasteiger partial charge in [0.25, 0.3) is 0 Å². The highest BCUT2D eigenvalue weighted by Gasteiger charge is 2.29. The summed E-state index contributed by atoms with van der Waals surface area (Å²) >= 11 is 0. The monoisotopic (exact) mass is 276 g/mol. The van der Waals surface area contributed by atoms with E-state index >= 15 is 0 Å². The van der Waals surface area contributed by atoms with Gasteiger partial charge in [-0.3, -0.25) is 9.69 Å². The molecular formula is C16H24N2O2. The molecule has 1 N–H and O–H groups in total. The second-order valence-electron chi connectivity index (χ2n) is 6.32. The first-order valence-electron chi connectivity index (χ1n) is 7.68. The zero-order chi connectivity index (χ0) is 14.3. The average Bonchev–Trinajstić information content (AvgIpc) is 3.19. The third-order valence-electron chi connectivity index (χ3n) is 4.62. The molecule has 110 valence electrons. The number of aliphatic hydroxyl groups excluding tert-OH is 1. The molecule has 2 aliphatic rings. The largest absolute Gasteiger partial charge is 0.393 e. The summed E-state index contributed by atoms with van der Waals surface area (Å²) < 4.78 is 2.33. The lowest BCUT2D eigenvalue weighted by atomic mass is 10.1. The number of hydrogen-bond donors (Lipinski definition) is 1. The van der Waals surface area contributed by atoms with Crippen LogP contribution in [-0.2, 0) is 0 Å². The molecule has 20 heavy (non-hydrogen) atoms. The predicted octanol–water partition coefficient (Wildman–Crippen LogP) is 2.08. The van der Waals surface area contributed by atoms with Crippen molar-refractivity contribution in [2.24, 2.45) is 0 Å². The molecule has 4 heteroatoms. The SMILES string of the molecule is Cc1cc(C(=O)CN2CCC(O)CC2)c(C)n1C1CC1. The maximum Gasteiger partial charge on any atom is 0.178 e. The summed E-state index contributed by atoms with van der Waals surface area (Å²) in [6, 6.07) is 2.68. The fourth-order valence-electron chi connectivity index (χ4n) is 3.32. The summed E-state index contributed by atoms with van der Waals surface area (Å²) in [5.41, 5.74) is 3.23.